The largest absolute Gasteiger partial charge is 0.423 e. The first-order chi connectivity index (χ1) is 8.65. The van der Waals surface area contributed by atoms with Crippen LogP contribution < -0.4 is 4.74 Å². The maximum Gasteiger partial charge on any atom is 0.336 e. The highest BCUT2D eigenvalue weighted by molar-refractivity contribution is 7.10. The zero-order valence-corrected chi connectivity index (χ0v) is 11.2. The van der Waals surface area contributed by atoms with Gasteiger partial charge in [-0.1, -0.05) is 23.8 Å². The molecule has 0 radical (unpaired) electrons. The van der Waals surface area contributed by atoms with Crippen LogP contribution in [0.4, 0.5) is 0 Å². The van der Waals surface area contributed by atoms with Gasteiger partial charge in [-0.05, 0) is 43.0 Å². The lowest BCUT2D eigenvalue weighted by atomic mass is 10.1. The molecule has 2 aromatic rings. The van der Waals surface area contributed by atoms with E-state index in [9.17, 15) is 4.79 Å². The number of aryl methyl sites for hydroxylation is 2. The number of rotatable bonds is 3. The lowest BCUT2D eigenvalue weighted by Crippen LogP contribution is -2.04. The van der Waals surface area contributed by atoms with E-state index in [0.29, 0.717) is 5.75 Å². The fraction of sp³-hybridized carbons (Fsp3) is 0.133. The van der Waals surface area contributed by atoms with E-state index in [1.807, 2.05) is 49.6 Å². The van der Waals surface area contributed by atoms with Crippen molar-refractivity contribution in [3.8, 4) is 5.75 Å². The number of esters is 1. The summed E-state index contributed by atoms with van der Waals surface area (Å²) in [7, 11) is 0. The van der Waals surface area contributed by atoms with Gasteiger partial charge in [0, 0.05) is 11.0 Å². The van der Waals surface area contributed by atoms with Gasteiger partial charge in [-0.15, -0.1) is 11.3 Å². The van der Waals surface area contributed by atoms with Crippen molar-refractivity contribution in [3.63, 3.8) is 0 Å². The Labute approximate surface area is 111 Å². The quantitative estimate of drug-likeness (QED) is 0.473. The summed E-state index contributed by atoms with van der Waals surface area (Å²) in [4.78, 5) is 12.7. The van der Waals surface area contributed by atoms with E-state index < -0.39 is 0 Å². The van der Waals surface area contributed by atoms with E-state index in [1.54, 1.807) is 17.4 Å². The molecule has 0 atom stereocenters. The number of carbonyl (C=O) groups is 1. The van der Waals surface area contributed by atoms with E-state index >= 15 is 0 Å². The van der Waals surface area contributed by atoms with Crippen molar-refractivity contribution >= 4 is 23.4 Å². The summed E-state index contributed by atoms with van der Waals surface area (Å²) in [5, 5.41) is 1.97. The molecule has 0 saturated heterocycles. The molecule has 0 aliphatic carbocycles. The molecule has 18 heavy (non-hydrogen) atoms. The van der Waals surface area contributed by atoms with Crippen molar-refractivity contribution in [2.45, 2.75) is 13.8 Å². The molecular weight excluding hydrogens is 244 g/mol. The van der Waals surface area contributed by atoms with Crippen LogP contribution in [0, 0.1) is 13.8 Å². The van der Waals surface area contributed by atoms with Crippen LogP contribution >= 0.6 is 11.3 Å². The van der Waals surface area contributed by atoms with Crippen molar-refractivity contribution in [1.29, 1.82) is 0 Å². The minimum atomic E-state index is -0.352. The van der Waals surface area contributed by atoms with Gasteiger partial charge in [-0.2, -0.15) is 0 Å². The molecule has 2 nitrogen and oxygen atoms in total. The van der Waals surface area contributed by atoms with Crippen LogP contribution in [-0.2, 0) is 4.79 Å². The number of carbonyl (C=O) groups excluding carboxylic acids is 1. The Hall–Kier alpha value is -1.87. The second-order valence-electron chi connectivity index (χ2n) is 4.04. The fourth-order valence-electron chi connectivity index (χ4n) is 1.59. The third-order valence-corrected chi connectivity index (χ3v) is 3.31. The molecule has 0 unspecified atom stereocenters. The van der Waals surface area contributed by atoms with Gasteiger partial charge in [0.05, 0.1) is 0 Å². The molecule has 0 N–H and O–H groups in total. The maximum atomic E-state index is 11.6. The minimum Gasteiger partial charge on any atom is -0.423 e. The lowest BCUT2D eigenvalue weighted by molar-refractivity contribution is -0.128. The first kappa shape index (κ1) is 12.6. The van der Waals surface area contributed by atoms with Crippen LogP contribution in [0.3, 0.4) is 0 Å². The molecule has 0 saturated carbocycles. The van der Waals surface area contributed by atoms with E-state index in [-0.39, 0.29) is 5.97 Å². The van der Waals surface area contributed by atoms with Gasteiger partial charge in [0.2, 0.25) is 0 Å². The highest BCUT2D eigenvalue weighted by Gasteiger charge is 2.04. The summed E-state index contributed by atoms with van der Waals surface area (Å²) >= 11 is 1.58. The third-order valence-electron chi connectivity index (χ3n) is 2.47. The van der Waals surface area contributed by atoms with Crippen molar-refractivity contribution in [3.05, 3.63) is 57.8 Å². The summed E-state index contributed by atoms with van der Waals surface area (Å²) in [5.41, 5.74) is 2.12. The second kappa shape index (κ2) is 5.65. The Morgan fingerprint density at radius 3 is 2.78 bits per heavy atom. The van der Waals surface area contributed by atoms with E-state index in [0.717, 1.165) is 16.0 Å². The average Bonchev–Trinajstić information content (AvgIpc) is 2.83. The zero-order valence-electron chi connectivity index (χ0n) is 10.3. The summed E-state index contributed by atoms with van der Waals surface area (Å²) in [5.74, 6) is 0.261. The third kappa shape index (κ3) is 3.31. The Kier molecular flexibility index (Phi) is 3.95. The molecule has 3 heteroatoms. The van der Waals surface area contributed by atoms with Crippen LogP contribution in [0.2, 0.25) is 0 Å². The molecule has 0 spiro atoms. The molecule has 1 heterocycles. The van der Waals surface area contributed by atoms with E-state index in [2.05, 4.69) is 0 Å². The average molecular weight is 258 g/mol. The Bertz CT molecular complexity index is 568. The van der Waals surface area contributed by atoms with Crippen LogP contribution in [0.15, 0.2) is 41.8 Å². The predicted octanol–water partition coefficient (Wildman–Crippen LogP) is 3.98. The molecular formula is C15H14O2S. The van der Waals surface area contributed by atoms with Crippen LogP contribution in [0.5, 0.6) is 5.75 Å². The summed E-state index contributed by atoms with van der Waals surface area (Å²) < 4.78 is 5.28. The SMILES string of the molecule is Cc1ccc(OC(=O)/C=C/c2cccs2)c(C)c1. The molecule has 0 aliphatic heterocycles. The van der Waals surface area contributed by atoms with Gasteiger partial charge >= 0.3 is 5.97 Å². The summed E-state index contributed by atoms with van der Waals surface area (Å²) in [6.07, 6.45) is 3.21. The second-order valence-corrected chi connectivity index (χ2v) is 5.02. The van der Waals surface area contributed by atoms with Crippen LogP contribution in [0.1, 0.15) is 16.0 Å². The molecule has 0 bridgehead atoms. The Morgan fingerprint density at radius 1 is 1.28 bits per heavy atom. The maximum absolute atomic E-state index is 11.6. The number of hydrogen-bond acceptors (Lipinski definition) is 3. The van der Waals surface area contributed by atoms with Crippen molar-refractivity contribution < 1.29 is 9.53 Å². The molecule has 1 aromatic carbocycles. The Balaban J connectivity index is 2.03. The molecule has 2 rings (SSSR count). The lowest BCUT2D eigenvalue weighted by Gasteiger charge is -2.05. The summed E-state index contributed by atoms with van der Waals surface area (Å²) in [6.45, 7) is 3.94. The first-order valence-corrected chi connectivity index (χ1v) is 6.54. The Morgan fingerprint density at radius 2 is 2.11 bits per heavy atom. The van der Waals surface area contributed by atoms with Gasteiger partial charge in [0.15, 0.2) is 0 Å². The molecule has 1 aromatic heterocycles. The van der Waals surface area contributed by atoms with Crippen molar-refractivity contribution in [2.24, 2.45) is 0 Å². The zero-order chi connectivity index (χ0) is 13.0. The molecule has 0 aliphatic rings. The molecule has 92 valence electrons. The monoisotopic (exact) mass is 258 g/mol. The smallest absolute Gasteiger partial charge is 0.336 e. The number of benzene rings is 1. The minimum absolute atomic E-state index is 0.352. The number of thiophene rings is 1. The predicted molar refractivity (Wildman–Crippen MR) is 74.9 cm³/mol. The van der Waals surface area contributed by atoms with Gasteiger partial charge in [-0.25, -0.2) is 4.79 Å². The number of hydrogen-bond donors (Lipinski definition) is 0. The van der Waals surface area contributed by atoms with E-state index in [1.165, 1.54) is 6.08 Å². The first-order valence-electron chi connectivity index (χ1n) is 5.66. The topological polar surface area (TPSA) is 26.3 Å². The normalized spacial score (nSPS) is 10.8. The van der Waals surface area contributed by atoms with Crippen molar-refractivity contribution in [1.82, 2.24) is 0 Å². The standard InChI is InChI=1S/C15H14O2S/c1-11-5-7-14(12(2)10-11)17-15(16)8-6-13-4-3-9-18-13/h3-10H,1-2H3/b8-6+. The van der Waals surface area contributed by atoms with Gasteiger partial charge in [0.1, 0.15) is 5.75 Å². The van der Waals surface area contributed by atoms with Crippen LogP contribution in [-0.4, -0.2) is 5.97 Å². The molecule has 0 fully saturated rings. The van der Waals surface area contributed by atoms with Gasteiger partial charge < -0.3 is 4.74 Å². The highest BCUT2D eigenvalue weighted by atomic mass is 32.1. The van der Waals surface area contributed by atoms with Crippen molar-refractivity contribution in [2.75, 3.05) is 0 Å². The van der Waals surface area contributed by atoms with Gasteiger partial charge in [0.25, 0.3) is 0 Å². The fourth-order valence-corrected chi connectivity index (χ4v) is 2.21. The summed E-state index contributed by atoms with van der Waals surface area (Å²) in [6, 6.07) is 9.64. The van der Waals surface area contributed by atoms with E-state index in [4.69, 9.17) is 4.74 Å². The van der Waals surface area contributed by atoms with Gasteiger partial charge in [-0.3, -0.25) is 0 Å². The molecule has 0 amide bonds. The number of ether oxygens (including phenoxy) is 1. The van der Waals surface area contributed by atoms with Crippen LogP contribution in [0.25, 0.3) is 6.08 Å². The highest BCUT2D eigenvalue weighted by Crippen LogP contribution is 2.19.